The van der Waals surface area contributed by atoms with Gasteiger partial charge in [-0.05, 0) is 41.8 Å². The lowest BCUT2D eigenvalue weighted by Gasteiger charge is -2.05. The smallest absolute Gasteiger partial charge is 0.337 e. The van der Waals surface area contributed by atoms with E-state index < -0.39 is 5.97 Å². The summed E-state index contributed by atoms with van der Waals surface area (Å²) >= 11 is 0. The highest BCUT2D eigenvalue weighted by Crippen LogP contribution is 2.14. The first kappa shape index (κ1) is 14.8. The van der Waals surface area contributed by atoms with Gasteiger partial charge >= 0.3 is 5.97 Å². The summed E-state index contributed by atoms with van der Waals surface area (Å²) in [4.78, 5) is 26.8. The fourth-order valence-corrected chi connectivity index (χ4v) is 2.38. The average Bonchev–Trinajstić information content (AvgIpc) is 3.02. The van der Waals surface area contributed by atoms with Crippen LogP contribution in [0.3, 0.4) is 0 Å². The van der Waals surface area contributed by atoms with Crippen LogP contribution in [0.2, 0.25) is 0 Å². The highest BCUT2D eigenvalue weighted by molar-refractivity contribution is 5.96. The molecule has 0 aliphatic carbocycles. The molecule has 1 amide bonds. The van der Waals surface area contributed by atoms with Gasteiger partial charge in [0.15, 0.2) is 0 Å². The summed E-state index contributed by atoms with van der Waals surface area (Å²) in [7, 11) is 1.32. The number of nitrogens with one attached hydrogen (secondary N) is 2. The van der Waals surface area contributed by atoms with Crippen LogP contribution in [-0.2, 0) is 11.3 Å². The highest BCUT2D eigenvalue weighted by atomic mass is 16.5. The Morgan fingerprint density at radius 2 is 1.74 bits per heavy atom. The van der Waals surface area contributed by atoms with Gasteiger partial charge in [0, 0.05) is 16.8 Å². The van der Waals surface area contributed by atoms with E-state index in [1.807, 2.05) is 30.3 Å². The first-order valence-electron chi connectivity index (χ1n) is 7.20. The van der Waals surface area contributed by atoms with Crippen LogP contribution < -0.4 is 5.32 Å². The third-order valence-corrected chi connectivity index (χ3v) is 3.59. The van der Waals surface area contributed by atoms with Gasteiger partial charge in [-0.3, -0.25) is 4.79 Å². The molecule has 0 atom stereocenters. The molecule has 0 spiro atoms. The van der Waals surface area contributed by atoms with Crippen molar-refractivity contribution in [2.75, 3.05) is 7.11 Å². The number of rotatable bonds is 4. The van der Waals surface area contributed by atoms with Crippen LogP contribution in [0.4, 0.5) is 0 Å². The molecule has 0 saturated carbocycles. The largest absolute Gasteiger partial charge is 0.465 e. The van der Waals surface area contributed by atoms with Gasteiger partial charge in [-0.2, -0.15) is 0 Å². The minimum atomic E-state index is -0.421. The SMILES string of the molecule is COC(=O)c1ccc(C(=O)NCc2cc3ccccc3[nH]2)cc1. The number of fused-ring (bicyclic) bond motifs is 1. The number of aromatic nitrogens is 1. The Morgan fingerprint density at radius 1 is 1.04 bits per heavy atom. The Bertz CT molecular complexity index is 817. The zero-order valence-electron chi connectivity index (χ0n) is 12.6. The third-order valence-electron chi connectivity index (χ3n) is 3.59. The van der Waals surface area contributed by atoms with E-state index in [1.165, 1.54) is 7.11 Å². The van der Waals surface area contributed by atoms with Crippen LogP contribution in [0.25, 0.3) is 10.9 Å². The lowest BCUT2D eigenvalue weighted by Crippen LogP contribution is -2.23. The van der Waals surface area contributed by atoms with Crippen molar-refractivity contribution in [3.63, 3.8) is 0 Å². The van der Waals surface area contributed by atoms with Crippen molar-refractivity contribution >= 4 is 22.8 Å². The maximum atomic E-state index is 12.1. The van der Waals surface area contributed by atoms with E-state index in [4.69, 9.17) is 0 Å². The van der Waals surface area contributed by atoms with E-state index >= 15 is 0 Å². The molecule has 1 aromatic heterocycles. The van der Waals surface area contributed by atoms with Gasteiger partial charge in [0.25, 0.3) is 5.91 Å². The Morgan fingerprint density at radius 3 is 2.43 bits per heavy atom. The molecule has 0 bridgehead atoms. The molecule has 1 heterocycles. The number of aromatic amines is 1. The highest BCUT2D eigenvalue weighted by Gasteiger charge is 2.09. The average molecular weight is 308 g/mol. The zero-order chi connectivity index (χ0) is 16.2. The van der Waals surface area contributed by atoms with Crippen LogP contribution >= 0.6 is 0 Å². The zero-order valence-corrected chi connectivity index (χ0v) is 12.6. The van der Waals surface area contributed by atoms with E-state index in [2.05, 4.69) is 15.0 Å². The van der Waals surface area contributed by atoms with Crippen molar-refractivity contribution in [3.8, 4) is 0 Å². The fraction of sp³-hybridized carbons (Fsp3) is 0.111. The fourth-order valence-electron chi connectivity index (χ4n) is 2.38. The lowest BCUT2D eigenvalue weighted by atomic mass is 10.1. The quantitative estimate of drug-likeness (QED) is 0.728. The van der Waals surface area contributed by atoms with Crippen molar-refractivity contribution < 1.29 is 14.3 Å². The maximum absolute atomic E-state index is 12.1. The Hall–Kier alpha value is -3.08. The molecule has 0 aliphatic rings. The Kier molecular flexibility index (Phi) is 4.10. The van der Waals surface area contributed by atoms with Gasteiger partial charge < -0.3 is 15.0 Å². The summed E-state index contributed by atoms with van der Waals surface area (Å²) in [5, 5.41) is 3.96. The van der Waals surface area contributed by atoms with E-state index in [0.29, 0.717) is 17.7 Å². The van der Waals surface area contributed by atoms with Gasteiger partial charge in [-0.1, -0.05) is 18.2 Å². The number of para-hydroxylation sites is 1. The van der Waals surface area contributed by atoms with Crippen LogP contribution in [0.15, 0.2) is 54.6 Å². The number of carbonyl (C=O) groups is 2. The van der Waals surface area contributed by atoms with Crippen molar-refractivity contribution in [2.45, 2.75) is 6.54 Å². The van der Waals surface area contributed by atoms with Crippen molar-refractivity contribution in [2.24, 2.45) is 0 Å². The minimum Gasteiger partial charge on any atom is -0.465 e. The lowest BCUT2D eigenvalue weighted by molar-refractivity contribution is 0.0600. The van der Waals surface area contributed by atoms with Crippen LogP contribution in [0.5, 0.6) is 0 Å². The second-order valence-corrected chi connectivity index (χ2v) is 5.13. The normalized spacial score (nSPS) is 10.5. The molecule has 2 N–H and O–H groups in total. The topological polar surface area (TPSA) is 71.2 Å². The summed E-state index contributed by atoms with van der Waals surface area (Å²) in [6.45, 7) is 0.409. The molecule has 0 fully saturated rings. The second-order valence-electron chi connectivity index (χ2n) is 5.13. The van der Waals surface area contributed by atoms with Crippen LogP contribution in [0.1, 0.15) is 26.4 Å². The number of hydrogen-bond donors (Lipinski definition) is 2. The Labute approximate surface area is 133 Å². The summed E-state index contributed by atoms with van der Waals surface area (Å²) in [5.74, 6) is -0.616. The molecule has 23 heavy (non-hydrogen) atoms. The number of H-pyrrole nitrogens is 1. The van der Waals surface area contributed by atoms with Gasteiger partial charge in [0.05, 0.1) is 19.2 Å². The predicted molar refractivity (Wildman–Crippen MR) is 87.3 cm³/mol. The van der Waals surface area contributed by atoms with Crippen molar-refractivity contribution in [1.82, 2.24) is 10.3 Å². The maximum Gasteiger partial charge on any atom is 0.337 e. The van der Waals surface area contributed by atoms with Gasteiger partial charge in [0.1, 0.15) is 0 Å². The molecule has 0 aliphatic heterocycles. The second kappa shape index (κ2) is 6.36. The first-order valence-corrected chi connectivity index (χ1v) is 7.20. The van der Waals surface area contributed by atoms with E-state index in [0.717, 1.165) is 16.6 Å². The number of esters is 1. The first-order chi connectivity index (χ1) is 11.2. The number of methoxy groups -OCH3 is 1. The summed E-state index contributed by atoms with van der Waals surface area (Å²) in [5.41, 5.74) is 2.89. The predicted octanol–water partition coefficient (Wildman–Crippen LogP) is 2.88. The van der Waals surface area contributed by atoms with E-state index in [-0.39, 0.29) is 5.91 Å². The summed E-state index contributed by atoms with van der Waals surface area (Å²) in [6, 6.07) is 16.3. The van der Waals surface area contributed by atoms with Gasteiger partial charge in [0.2, 0.25) is 0 Å². The number of hydrogen-bond acceptors (Lipinski definition) is 3. The Balaban J connectivity index is 1.65. The molecule has 3 rings (SSSR count). The monoisotopic (exact) mass is 308 g/mol. The molecule has 116 valence electrons. The molecular formula is C18H16N2O3. The summed E-state index contributed by atoms with van der Waals surface area (Å²) in [6.07, 6.45) is 0. The van der Waals surface area contributed by atoms with E-state index in [9.17, 15) is 9.59 Å². The van der Waals surface area contributed by atoms with E-state index in [1.54, 1.807) is 24.3 Å². The molecule has 3 aromatic rings. The number of amides is 1. The molecule has 0 radical (unpaired) electrons. The molecule has 5 nitrogen and oxygen atoms in total. The minimum absolute atomic E-state index is 0.194. The molecule has 0 unspecified atom stereocenters. The molecular weight excluding hydrogens is 292 g/mol. The number of benzene rings is 2. The molecule has 2 aromatic carbocycles. The van der Waals surface area contributed by atoms with Gasteiger partial charge in [-0.15, -0.1) is 0 Å². The molecule has 0 saturated heterocycles. The van der Waals surface area contributed by atoms with Crippen molar-refractivity contribution in [3.05, 3.63) is 71.4 Å². The standard InChI is InChI=1S/C18H16N2O3/c1-23-18(22)13-8-6-12(7-9-13)17(21)19-11-15-10-14-4-2-3-5-16(14)20-15/h2-10,20H,11H2,1H3,(H,19,21). The number of ether oxygens (including phenoxy) is 1. The number of carbonyl (C=O) groups excluding carboxylic acids is 2. The summed E-state index contributed by atoms with van der Waals surface area (Å²) < 4.78 is 4.63. The third kappa shape index (κ3) is 3.23. The van der Waals surface area contributed by atoms with Crippen LogP contribution in [0, 0.1) is 0 Å². The van der Waals surface area contributed by atoms with Crippen LogP contribution in [-0.4, -0.2) is 24.0 Å². The molecule has 5 heteroatoms. The van der Waals surface area contributed by atoms with Gasteiger partial charge in [-0.25, -0.2) is 4.79 Å². The van der Waals surface area contributed by atoms with Crippen molar-refractivity contribution in [1.29, 1.82) is 0 Å².